The molecule has 2 aromatic carbocycles. The summed E-state index contributed by atoms with van der Waals surface area (Å²) < 4.78 is 75.8. The van der Waals surface area contributed by atoms with Crippen LogP contribution in [0.15, 0.2) is 48.5 Å². The third kappa shape index (κ3) is 5.88. The Morgan fingerprint density at radius 1 is 0.968 bits per heavy atom. The van der Waals surface area contributed by atoms with Crippen molar-refractivity contribution in [3.05, 3.63) is 59.1 Å². The molecule has 2 aromatic rings. The van der Waals surface area contributed by atoms with Gasteiger partial charge in [-0.2, -0.15) is 13.2 Å². The van der Waals surface area contributed by atoms with Crippen LogP contribution in [-0.2, 0) is 9.53 Å². The van der Waals surface area contributed by atoms with Crippen molar-refractivity contribution in [3.63, 3.8) is 0 Å². The van der Waals surface area contributed by atoms with Gasteiger partial charge in [-0.3, -0.25) is 4.79 Å². The molecule has 2 N–H and O–H groups in total. The van der Waals surface area contributed by atoms with Gasteiger partial charge in [-0.15, -0.1) is 8.78 Å². The molecule has 0 bridgehead atoms. The van der Waals surface area contributed by atoms with Crippen LogP contribution in [0.1, 0.15) is 10.4 Å². The second kappa shape index (κ2) is 9.15. The van der Waals surface area contributed by atoms with Gasteiger partial charge >= 0.3 is 23.4 Å². The summed E-state index contributed by atoms with van der Waals surface area (Å²) in [5.74, 6) is -3.70. The second-order valence-electron chi connectivity index (χ2n) is 5.87. The molecule has 0 unspecified atom stereocenters. The SMILES string of the molecule is COC(=O)[C@@](NC(=O)c1ccccc1Cl)(Nc1ccc(OC(F)(F)Cl)cc1)C(F)(F)F. The van der Waals surface area contributed by atoms with E-state index in [2.05, 4.69) is 21.1 Å². The zero-order chi connectivity index (χ0) is 23.4. The van der Waals surface area contributed by atoms with Gasteiger partial charge in [0, 0.05) is 17.3 Å². The van der Waals surface area contributed by atoms with Crippen LogP contribution in [0.4, 0.5) is 27.6 Å². The first-order valence-corrected chi connectivity index (χ1v) is 8.91. The molecule has 6 nitrogen and oxygen atoms in total. The summed E-state index contributed by atoms with van der Waals surface area (Å²) >= 11 is 10.5. The molecule has 2 rings (SSSR count). The number of amides is 1. The molecule has 0 aliphatic heterocycles. The number of hydrogen-bond donors (Lipinski definition) is 2. The Morgan fingerprint density at radius 2 is 1.55 bits per heavy atom. The minimum absolute atomic E-state index is 0.163. The normalized spacial score (nSPS) is 13.7. The van der Waals surface area contributed by atoms with E-state index < -0.39 is 40.7 Å². The summed E-state index contributed by atoms with van der Waals surface area (Å²) in [7, 11) is 0.686. The van der Waals surface area contributed by atoms with Gasteiger partial charge in [0.05, 0.1) is 17.7 Å². The van der Waals surface area contributed by atoms with Gasteiger partial charge in [-0.25, -0.2) is 4.79 Å². The number of hydrogen-bond acceptors (Lipinski definition) is 5. The number of esters is 1. The van der Waals surface area contributed by atoms with Crippen LogP contribution in [0.25, 0.3) is 0 Å². The molecular formula is C18H13Cl2F5N2O4. The average Bonchev–Trinajstić information content (AvgIpc) is 2.66. The Labute approximate surface area is 182 Å². The van der Waals surface area contributed by atoms with Crippen LogP contribution < -0.4 is 15.4 Å². The van der Waals surface area contributed by atoms with E-state index in [4.69, 9.17) is 11.6 Å². The summed E-state index contributed by atoms with van der Waals surface area (Å²) in [6.07, 6.45) is -5.41. The van der Waals surface area contributed by atoms with Crippen molar-refractivity contribution in [2.24, 2.45) is 0 Å². The number of carbonyl (C=O) groups excluding carboxylic acids is 2. The molecule has 31 heavy (non-hydrogen) atoms. The van der Waals surface area contributed by atoms with Crippen LogP contribution in [0.3, 0.4) is 0 Å². The van der Waals surface area contributed by atoms with E-state index in [1.165, 1.54) is 18.2 Å². The molecule has 1 amide bonds. The Hall–Kier alpha value is -2.79. The van der Waals surface area contributed by atoms with Crippen LogP contribution in [0, 0.1) is 0 Å². The lowest BCUT2D eigenvalue weighted by atomic mass is 10.1. The molecule has 1 atom stereocenters. The number of alkyl halides is 6. The fraction of sp³-hybridized carbons (Fsp3) is 0.222. The van der Waals surface area contributed by atoms with E-state index >= 15 is 0 Å². The van der Waals surface area contributed by atoms with E-state index in [1.54, 1.807) is 5.32 Å². The molecule has 0 spiro atoms. The van der Waals surface area contributed by atoms with Crippen LogP contribution in [-0.4, -0.2) is 36.4 Å². The lowest BCUT2D eigenvalue weighted by Crippen LogP contribution is -2.69. The van der Waals surface area contributed by atoms with Gasteiger partial charge in [0.2, 0.25) is 0 Å². The first kappa shape index (κ1) is 24.5. The highest BCUT2D eigenvalue weighted by Crippen LogP contribution is 2.34. The Bertz CT molecular complexity index is 951. The van der Waals surface area contributed by atoms with E-state index in [1.807, 2.05) is 5.32 Å². The number of halogens is 7. The largest absolute Gasteiger partial charge is 0.487 e. The zero-order valence-corrected chi connectivity index (χ0v) is 16.9. The van der Waals surface area contributed by atoms with E-state index in [-0.39, 0.29) is 10.6 Å². The Morgan fingerprint density at radius 3 is 2.03 bits per heavy atom. The number of rotatable bonds is 7. The fourth-order valence-corrected chi connectivity index (χ4v) is 2.69. The Kier molecular flexibility index (Phi) is 7.22. The molecule has 0 fully saturated rings. The monoisotopic (exact) mass is 486 g/mol. The number of methoxy groups -OCH3 is 1. The average molecular weight is 487 g/mol. The van der Waals surface area contributed by atoms with Gasteiger partial charge in [0.25, 0.3) is 5.91 Å². The number of benzene rings is 2. The fourth-order valence-electron chi connectivity index (χ4n) is 2.38. The van der Waals surface area contributed by atoms with Crippen LogP contribution >= 0.6 is 23.2 Å². The van der Waals surface area contributed by atoms with E-state index in [0.29, 0.717) is 7.11 Å². The number of ether oxygens (including phenoxy) is 2. The topological polar surface area (TPSA) is 76.7 Å². The smallest absolute Gasteiger partial charge is 0.466 e. The number of nitrogens with one attached hydrogen (secondary N) is 2. The van der Waals surface area contributed by atoms with Crippen molar-refractivity contribution in [1.29, 1.82) is 0 Å². The summed E-state index contributed by atoms with van der Waals surface area (Å²) in [5, 5.41) is 3.25. The summed E-state index contributed by atoms with van der Waals surface area (Å²) in [6, 6.07) is 8.73. The molecule has 0 aliphatic carbocycles. The molecule has 168 valence electrons. The highest BCUT2D eigenvalue weighted by Gasteiger charge is 2.63. The zero-order valence-electron chi connectivity index (χ0n) is 15.4. The maximum Gasteiger partial charge on any atom is 0.487 e. The molecule has 13 heteroatoms. The van der Waals surface area contributed by atoms with E-state index in [0.717, 1.165) is 30.3 Å². The first-order valence-electron chi connectivity index (χ1n) is 8.15. The third-order valence-corrected chi connectivity index (χ3v) is 4.16. The van der Waals surface area contributed by atoms with Gasteiger partial charge in [0.15, 0.2) is 0 Å². The molecule has 0 aromatic heterocycles. The first-order chi connectivity index (χ1) is 14.3. The minimum Gasteiger partial charge on any atom is -0.466 e. The quantitative estimate of drug-likeness (QED) is 0.255. The third-order valence-electron chi connectivity index (χ3n) is 3.76. The van der Waals surface area contributed by atoms with Gasteiger partial charge in [0.1, 0.15) is 5.75 Å². The van der Waals surface area contributed by atoms with E-state index in [9.17, 15) is 31.5 Å². The minimum atomic E-state index is -5.41. The molecule has 0 heterocycles. The maximum atomic E-state index is 14.0. The molecular weight excluding hydrogens is 474 g/mol. The van der Waals surface area contributed by atoms with Crippen LogP contribution in [0.2, 0.25) is 5.02 Å². The number of anilines is 1. The molecule has 0 aliphatic rings. The lowest BCUT2D eigenvalue weighted by Gasteiger charge is -2.35. The van der Waals surface area contributed by atoms with Crippen molar-refractivity contribution in [3.8, 4) is 5.75 Å². The molecule has 0 saturated carbocycles. The predicted molar refractivity (Wildman–Crippen MR) is 101 cm³/mol. The Balaban J connectivity index is 2.44. The second-order valence-corrected chi connectivity index (χ2v) is 6.72. The maximum absolute atomic E-state index is 14.0. The van der Waals surface area contributed by atoms with Gasteiger partial charge in [-0.1, -0.05) is 23.7 Å². The standard InChI is InChI=1S/C18H13Cl2F5N2O4/c1-30-15(29)16(17(21,22)23,27-14(28)12-4-2-3-5-13(12)19)26-10-6-8-11(9-7-10)31-18(20,24)25/h2-9,26H,1H3,(H,27,28)/t16-/m0/s1. The highest BCUT2D eigenvalue weighted by molar-refractivity contribution is 6.33. The van der Waals surface area contributed by atoms with Gasteiger partial charge < -0.3 is 20.1 Å². The molecule has 0 saturated heterocycles. The number of carbonyl (C=O) groups is 2. The van der Waals surface area contributed by atoms with Crippen molar-refractivity contribution >= 4 is 40.8 Å². The van der Waals surface area contributed by atoms with Crippen molar-refractivity contribution in [2.75, 3.05) is 12.4 Å². The summed E-state index contributed by atoms with van der Waals surface area (Å²) in [6.45, 7) is 0. The van der Waals surface area contributed by atoms with Gasteiger partial charge in [-0.05, 0) is 36.4 Å². The molecule has 0 radical (unpaired) electrons. The van der Waals surface area contributed by atoms with Crippen molar-refractivity contribution in [2.45, 2.75) is 17.4 Å². The highest BCUT2D eigenvalue weighted by atomic mass is 35.5. The van der Waals surface area contributed by atoms with Crippen molar-refractivity contribution < 1.29 is 41.0 Å². The van der Waals surface area contributed by atoms with Crippen molar-refractivity contribution in [1.82, 2.24) is 5.32 Å². The predicted octanol–water partition coefficient (Wildman–Crippen LogP) is 4.78. The van der Waals surface area contributed by atoms with Crippen LogP contribution in [0.5, 0.6) is 5.75 Å². The summed E-state index contributed by atoms with van der Waals surface area (Å²) in [5.41, 5.74) is -8.51. The summed E-state index contributed by atoms with van der Waals surface area (Å²) in [4.78, 5) is 24.7. The lowest BCUT2D eigenvalue weighted by molar-refractivity contribution is -0.203.